The fourth-order valence-corrected chi connectivity index (χ4v) is 5.65. The first-order valence-corrected chi connectivity index (χ1v) is 12.1. The molecule has 31 heavy (non-hydrogen) atoms. The lowest BCUT2D eigenvalue weighted by atomic mass is 10.0. The molecule has 0 N–H and O–H groups in total. The third-order valence-corrected chi connectivity index (χ3v) is 7.48. The molecule has 1 aliphatic rings. The molecule has 1 aromatic carbocycles. The van der Waals surface area contributed by atoms with Crippen LogP contribution in [0.2, 0.25) is 0 Å². The van der Waals surface area contributed by atoms with Gasteiger partial charge in [0.25, 0.3) is 0 Å². The van der Waals surface area contributed by atoms with E-state index in [9.17, 15) is 26.4 Å². The van der Waals surface area contributed by atoms with Gasteiger partial charge in [0.15, 0.2) is 9.84 Å². The molecule has 5 nitrogen and oxygen atoms in total. The van der Waals surface area contributed by atoms with Gasteiger partial charge in [-0.05, 0) is 43.5 Å². The van der Waals surface area contributed by atoms with E-state index in [2.05, 4.69) is 0 Å². The van der Waals surface area contributed by atoms with Crippen molar-refractivity contribution < 1.29 is 30.8 Å². The van der Waals surface area contributed by atoms with Gasteiger partial charge in [-0.15, -0.1) is 0 Å². The summed E-state index contributed by atoms with van der Waals surface area (Å²) in [5.41, 5.74) is -0.493. The van der Waals surface area contributed by atoms with Crippen LogP contribution >= 0.6 is 0 Å². The van der Waals surface area contributed by atoms with Crippen LogP contribution in [-0.4, -0.2) is 36.8 Å². The van der Waals surface area contributed by atoms with Crippen LogP contribution in [0.4, 0.5) is 13.2 Å². The number of carbonyl (C=O) groups is 1. The molecule has 2 aromatic rings. The molecule has 1 aromatic heterocycles. The summed E-state index contributed by atoms with van der Waals surface area (Å²) in [6.45, 7) is 3.90. The molecule has 3 rings (SSSR count). The summed E-state index contributed by atoms with van der Waals surface area (Å²) >= 11 is 0. The standard InChI is InChI=1S/C22H26F3NO4S/c1-3-15(4-2)21(27)26(18-10-11-31(28,29)14-18)13-19-8-9-20(30-19)16-6-5-7-17(12-16)22(23,24)25/h5-9,12,15,18H,3-4,10-11,13-14H2,1-2H3. The normalized spacial score (nSPS) is 18.5. The lowest BCUT2D eigenvalue weighted by Gasteiger charge is -2.30. The molecule has 1 aliphatic heterocycles. The maximum absolute atomic E-state index is 13.1. The SMILES string of the molecule is CCC(CC)C(=O)N(Cc1ccc(-c2cccc(C(F)(F)F)c2)o1)C1CCS(=O)(=O)C1. The average Bonchev–Trinajstić information content (AvgIpc) is 3.32. The van der Waals surface area contributed by atoms with Crippen molar-refractivity contribution in [2.45, 2.75) is 51.9 Å². The monoisotopic (exact) mass is 457 g/mol. The molecule has 0 radical (unpaired) electrons. The summed E-state index contributed by atoms with van der Waals surface area (Å²) in [4.78, 5) is 14.7. The summed E-state index contributed by atoms with van der Waals surface area (Å²) in [7, 11) is -3.19. The van der Waals surface area contributed by atoms with Crippen LogP contribution in [0.1, 0.15) is 44.4 Å². The summed E-state index contributed by atoms with van der Waals surface area (Å²) in [6, 6.07) is 7.59. The van der Waals surface area contributed by atoms with Crippen LogP contribution in [0.3, 0.4) is 0 Å². The smallest absolute Gasteiger partial charge is 0.416 e. The highest BCUT2D eigenvalue weighted by Crippen LogP contribution is 2.33. The van der Waals surface area contributed by atoms with Crippen molar-refractivity contribution >= 4 is 15.7 Å². The fourth-order valence-electron chi connectivity index (χ4n) is 3.92. The Balaban J connectivity index is 1.86. The molecule has 1 saturated heterocycles. The Kier molecular flexibility index (Phi) is 6.83. The van der Waals surface area contributed by atoms with E-state index >= 15 is 0 Å². The average molecular weight is 458 g/mol. The van der Waals surface area contributed by atoms with Crippen molar-refractivity contribution in [1.29, 1.82) is 0 Å². The molecule has 0 saturated carbocycles. The van der Waals surface area contributed by atoms with Crippen molar-refractivity contribution in [3.05, 3.63) is 47.7 Å². The number of amides is 1. The summed E-state index contributed by atoms with van der Waals surface area (Å²) < 4.78 is 68.7. The number of furan rings is 1. The van der Waals surface area contributed by atoms with Crippen molar-refractivity contribution in [2.75, 3.05) is 11.5 Å². The van der Waals surface area contributed by atoms with Gasteiger partial charge < -0.3 is 9.32 Å². The summed E-state index contributed by atoms with van der Waals surface area (Å²) in [6.07, 6.45) is -2.81. The predicted octanol–water partition coefficient (Wildman–Crippen LogP) is 4.92. The van der Waals surface area contributed by atoms with Crippen LogP contribution in [0.15, 0.2) is 40.8 Å². The van der Waals surface area contributed by atoms with Gasteiger partial charge in [-0.3, -0.25) is 4.79 Å². The maximum Gasteiger partial charge on any atom is 0.416 e. The van der Waals surface area contributed by atoms with Gasteiger partial charge in [0.1, 0.15) is 11.5 Å². The maximum atomic E-state index is 13.1. The van der Waals surface area contributed by atoms with Gasteiger partial charge in [0, 0.05) is 17.5 Å². The molecule has 9 heteroatoms. The number of hydrogen-bond donors (Lipinski definition) is 0. The number of nitrogens with zero attached hydrogens (tertiary/aromatic N) is 1. The number of carbonyl (C=O) groups excluding carboxylic acids is 1. The Morgan fingerprint density at radius 1 is 1.19 bits per heavy atom. The predicted molar refractivity (Wildman–Crippen MR) is 111 cm³/mol. The van der Waals surface area contributed by atoms with Crippen molar-refractivity contribution in [3.8, 4) is 11.3 Å². The van der Waals surface area contributed by atoms with Crippen LogP contribution in [0, 0.1) is 5.92 Å². The van der Waals surface area contributed by atoms with Gasteiger partial charge >= 0.3 is 6.18 Å². The lowest BCUT2D eigenvalue weighted by Crippen LogP contribution is -2.43. The minimum absolute atomic E-state index is 0.0397. The first-order valence-electron chi connectivity index (χ1n) is 10.3. The van der Waals surface area contributed by atoms with E-state index in [1.165, 1.54) is 12.1 Å². The zero-order valence-electron chi connectivity index (χ0n) is 17.5. The number of hydrogen-bond acceptors (Lipinski definition) is 4. The second-order valence-electron chi connectivity index (χ2n) is 7.88. The third kappa shape index (κ3) is 5.50. The first-order chi connectivity index (χ1) is 14.5. The highest BCUT2D eigenvalue weighted by atomic mass is 32.2. The van der Waals surface area contributed by atoms with E-state index in [-0.39, 0.29) is 41.2 Å². The first kappa shape index (κ1) is 23.4. The highest BCUT2D eigenvalue weighted by Gasteiger charge is 2.37. The zero-order chi connectivity index (χ0) is 22.8. The summed E-state index contributed by atoms with van der Waals surface area (Å²) in [5.74, 6) is 0.273. The number of rotatable bonds is 7. The quantitative estimate of drug-likeness (QED) is 0.592. The Bertz CT molecular complexity index is 1030. The van der Waals surface area contributed by atoms with Crippen molar-refractivity contribution in [1.82, 2.24) is 4.90 Å². The minimum Gasteiger partial charge on any atom is -0.459 e. The van der Waals surface area contributed by atoms with Gasteiger partial charge in [-0.2, -0.15) is 13.2 Å². The van der Waals surface area contributed by atoms with Crippen LogP contribution < -0.4 is 0 Å². The molecule has 0 aliphatic carbocycles. The molecule has 0 spiro atoms. The lowest BCUT2D eigenvalue weighted by molar-refractivity contribution is -0.139. The molecule has 2 heterocycles. The largest absolute Gasteiger partial charge is 0.459 e. The minimum atomic E-state index is -4.46. The molecule has 170 valence electrons. The zero-order valence-corrected chi connectivity index (χ0v) is 18.3. The van der Waals surface area contributed by atoms with E-state index in [0.717, 1.165) is 12.1 Å². The number of benzene rings is 1. The van der Waals surface area contributed by atoms with Crippen LogP contribution in [-0.2, 0) is 27.4 Å². The van der Waals surface area contributed by atoms with E-state index in [0.29, 0.717) is 25.0 Å². The number of sulfone groups is 1. The number of halogens is 3. The number of alkyl halides is 3. The topological polar surface area (TPSA) is 67.6 Å². The van der Waals surface area contributed by atoms with E-state index in [4.69, 9.17) is 4.42 Å². The van der Waals surface area contributed by atoms with Gasteiger partial charge in [0.2, 0.25) is 5.91 Å². The molecular weight excluding hydrogens is 431 g/mol. The second-order valence-corrected chi connectivity index (χ2v) is 10.1. The molecular formula is C22H26F3NO4S. The van der Waals surface area contributed by atoms with Gasteiger partial charge in [-0.25, -0.2) is 8.42 Å². The van der Waals surface area contributed by atoms with Crippen molar-refractivity contribution in [2.24, 2.45) is 5.92 Å². The molecule has 1 amide bonds. The molecule has 0 bridgehead atoms. The molecule has 1 unspecified atom stereocenters. The molecule has 1 fully saturated rings. The van der Waals surface area contributed by atoms with Gasteiger partial charge in [-0.1, -0.05) is 26.0 Å². The van der Waals surface area contributed by atoms with E-state index in [1.807, 2.05) is 13.8 Å². The Morgan fingerprint density at radius 3 is 2.48 bits per heavy atom. The second kappa shape index (κ2) is 9.06. The molecule has 1 atom stereocenters. The highest BCUT2D eigenvalue weighted by molar-refractivity contribution is 7.91. The summed E-state index contributed by atoms with van der Waals surface area (Å²) in [5, 5.41) is 0. The van der Waals surface area contributed by atoms with Gasteiger partial charge in [0.05, 0.1) is 23.6 Å². The van der Waals surface area contributed by atoms with E-state index in [1.54, 1.807) is 17.0 Å². The van der Waals surface area contributed by atoms with Crippen molar-refractivity contribution in [3.63, 3.8) is 0 Å². The van der Waals surface area contributed by atoms with Crippen LogP contribution in [0.5, 0.6) is 0 Å². The Morgan fingerprint density at radius 2 is 1.90 bits per heavy atom. The fraction of sp³-hybridized carbons (Fsp3) is 0.500. The van der Waals surface area contributed by atoms with E-state index < -0.39 is 27.6 Å². The Labute approximate surface area is 180 Å². The van der Waals surface area contributed by atoms with Crippen LogP contribution in [0.25, 0.3) is 11.3 Å². The Hall–Kier alpha value is -2.29. The third-order valence-electron chi connectivity index (χ3n) is 5.73.